The normalized spacial score (nSPS) is 12.8. The van der Waals surface area contributed by atoms with Crippen LogP contribution in [-0.2, 0) is 34.2 Å². The molecule has 1 aromatic carbocycles. The van der Waals surface area contributed by atoms with E-state index in [1.807, 2.05) is 18.5 Å². The van der Waals surface area contributed by atoms with Gasteiger partial charge in [0.15, 0.2) is 5.78 Å². The molecule has 0 bridgehead atoms. The predicted octanol–water partition coefficient (Wildman–Crippen LogP) is 4.58. The molecular formula is C25H33ClN2O4. The van der Waals surface area contributed by atoms with Gasteiger partial charge in [0.2, 0.25) is 5.91 Å². The summed E-state index contributed by atoms with van der Waals surface area (Å²) in [6, 6.07) is 10.1. The molecule has 1 amide bonds. The minimum absolute atomic E-state index is 0.0531. The van der Waals surface area contributed by atoms with E-state index in [0.717, 1.165) is 18.5 Å². The second-order valence-corrected chi connectivity index (χ2v) is 9.07. The van der Waals surface area contributed by atoms with Gasteiger partial charge in [0.1, 0.15) is 6.61 Å². The summed E-state index contributed by atoms with van der Waals surface area (Å²) in [5.74, 6) is -0.559. The van der Waals surface area contributed by atoms with E-state index < -0.39 is 11.5 Å². The lowest BCUT2D eigenvalue weighted by Gasteiger charge is -2.30. The minimum atomic E-state index is -0.733. The summed E-state index contributed by atoms with van der Waals surface area (Å²) in [7, 11) is 1.83. The molecule has 0 saturated heterocycles. The van der Waals surface area contributed by atoms with Crippen molar-refractivity contribution in [2.75, 3.05) is 6.61 Å². The van der Waals surface area contributed by atoms with E-state index in [4.69, 9.17) is 16.3 Å². The maximum absolute atomic E-state index is 12.8. The summed E-state index contributed by atoms with van der Waals surface area (Å²) in [5.41, 5.74) is 3.10. The number of benzene rings is 1. The number of hydrogen-bond acceptors (Lipinski definition) is 4. The Labute approximate surface area is 195 Å². The Morgan fingerprint density at radius 2 is 1.78 bits per heavy atom. The molecule has 1 N–H and O–H groups in total. The second-order valence-electron chi connectivity index (χ2n) is 8.67. The molecule has 2 rings (SSSR count). The number of carbonyl (C=O) groups is 3. The fraction of sp³-hybridized carbons (Fsp3) is 0.480. The number of halogens is 1. The molecule has 0 aliphatic carbocycles. The first kappa shape index (κ1) is 25.7. The topological polar surface area (TPSA) is 77.4 Å². The Morgan fingerprint density at radius 3 is 2.38 bits per heavy atom. The molecule has 0 unspecified atom stereocenters. The van der Waals surface area contributed by atoms with Crippen LogP contribution in [0.1, 0.15) is 67.3 Å². The molecule has 7 heteroatoms. The van der Waals surface area contributed by atoms with Gasteiger partial charge in [0.05, 0.1) is 16.3 Å². The lowest BCUT2D eigenvalue weighted by molar-refractivity contribution is -0.144. The van der Waals surface area contributed by atoms with Gasteiger partial charge in [-0.2, -0.15) is 0 Å². The lowest BCUT2D eigenvalue weighted by Crippen LogP contribution is -2.49. The molecule has 0 radical (unpaired) electrons. The summed E-state index contributed by atoms with van der Waals surface area (Å²) in [6.45, 7) is 6.70. The first-order valence-corrected chi connectivity index (χ1v) is 11.2. The van der Waals surface area contributed by atoms with Crippen LogP contribution in [0, 0.1) is 6.92 Å². The Hall–Kier alpha value is -2.60. The number of amides is 1. The van der Waals surface area contributed by atoms with E-state index in [1.165, 1.54) is 25.0 Å². The molecule has 0 fully saturated rings. The fourth-order valence-electron chi connectivity index (χ4n) is 3.75. The zero-order valence-electron chi connectivity index (χ0n) is 19.6. The van der Waals surface area contributed by atoms with Gasteiger partial charge in [-0.05, 0) is 51.2 Å². The number of nitrogens with one attached hydrogen (secondary N) is 1. The average Bonchev–Trinajstić information content (AvgIpc) is 2.99. The molecule has 0 saturated carbocycles. The quantitative estimate of drug-likeness (QED) is 0.393. The van der Waals surface area contributed by atoms with Crippen molar-refractivity contribution in [3.8, 4) is 0 Å². The standard InChI is InChI=1S/C25H33ClN2O4/c1-17-9-11-20(12-10-17)7-6-8-24(31)23-15-21(26)22(28(23)5)13-14-25(4,27-18(2)29)16-32-19(3)30/h9-12,15H,6-8,13-14,16H2,1-5H3,(H,27,29)/t25-/m1/s1. The van der Waals surface area contributed by atoms with Crippen molar-refractivity contribution in [3.05, 3.63) is 57.9 Å². The summed E-state index contributed by atoms with van der Waals surface area (Å²) < 4.78 is 6.97. The van der Waals surface area contributed by atoms with Crippen LogP contribution in [0.15, 0.2) is 30.3 Å². The van der Waals surface area contributed by atoms with Gasteiger partial charge < -0.3 is 14.6 Å². The Kier molecular flexibility index (Phi) is 9.08. The third-order valence-electron chi connectivity index (χ3n) is 5.57. The van der Waals surface area contributed by atoms with Gasteiger partial charge in [-0.25, -0.2) is 0 Å². The first-order chi connectivity index (χ1) is 15.0. The number of hydrogen-bond donors (Lipinski definition) is 1. The third-order valence-corrected chi connectivity index (χ3v) is 5.89. The van der Waals surface area contributed by atoms with Gasteiger partial charge in [0, 0.05) is 33.0 Å². The zero-order valence-corrected chi connectivity index (χ0v) is 20.3. The Balaban J connectivity index is 2.02. The van der Waals surface area contributed by atoms with Gasteiger partial charge >= 0.3 is 5.97 Å². The average molecular weight is 461 g/mol. The first-order valence-electron chi connectivity index (χ1n) is 10.9. The van der Waals surface area contributed by atoms with E-state index >= 15 is 0 Å². The summed E-state index contributed by atoms with van der Waals surface area (Å²) in [5, 5.41) is 3.38. The molecule has 1 heterocycles. The molecule has 32 heavy (non-hydrogen) atoms. The Morgan fingerprint density at radius 1 is 1.12 bits per heavy atom. The number of nitrogens with zero attached hydrogens (tertiary/aromatic N) is 1. The molecule has 0 spiro atoms. The van der Waals surface area contributed by atoms with Gasteiger partial charge in [-0.3, -0.25) is 14.4 Å². The summed E-state index contributed by atoms with van der Waals surface area (Å²) >= 11 is 6.46. The number of carbonyl (C=O) groups excluding carboxylic acids is 3. The third kappa shape index (κ3) is 7.52. The largest absolute Gasteiger partial charge is 0.463 e. The van der Waals surface area contributed by atoms with Crippen molar-refractivity contribution in [2.24, 2.45) is 7.05 Å². The van der Waals surface area contributed by atoms with Crippen LogP contribution in [-0.4, -0.2) is 34.4 Å². The highest BCUT2D eigenvalue weighted by molar-refractivity contribution is 6.31. The van der Waals surface area contributed by atoms with Crippen LogP contribution in [0.25, 0.3) is 0 Å². The number of rotatable bonds is 11. The predicted molar refractivity (Wildman–Crippen MR) is 126 cm³/mol. The number of aryl methyl sites for hydroxylation is 2. The van der Waals surface area contributed by atoms with E-state index in [9.17, 15) is 14.4 Å². The van der Waals surface area contributed by atoms with Gasteiger partial charge in [0.25, 0.3) is 0 Å². The number of ketones is 1. The van der Waals surface area contributed by atoms with Crippen LogP contribution >= 0.6 is 11.6 Å². The van der Waals surface area contributed by atoms with E-state index in [2.05, 4.69) is 36.5 Å². The molecule has 174 valence electrons. The molecule has 0 aliphatic rings. The van der Waals surface area contributed by atoms with Crippen LogP contribution < -0.4 is 5.32 Å². The van der Waals surface area contributed by atoms with E-state index in [0.29, 0.717) is 30.0 Å². The van der Waals surface area contributed by atoms with Crippen molar-refractivity contribution in [1.29, 1.82) is 0 Å². The van der Waals surface area contributed by atoms with Gasteiger partial charge in [-0.15, -0.1) is 0 Å². The molecule has 0 aliphatic heterocycles. The summed E-state index contributed by atoms with van der Waals surface area (Å²) in [6.07, 6.45) is 3.07. The highest BCUT2D eigenvalue weighted by Crippen LogP contribution is 2.26. The fourth-order valence-corrected chi connectivity index (χ4v) is 4.07. The number of ether oxygens (including phenoxy) is 1. The lowest BCUT2D eigenvalue weighted by atomic mass is 9.95. The zero-order chi connectivity index (χ0) is 23.9. The van der Waals surface area contributed by atoms with Crippen molar-refractivity contribution in [2.45, 2.75) is 65.3 Å². The van der Waals surface area contributed by atoms with Crippen molar-refractivity contribution in [3.63, 3.8) is 0 Å². The number of Topliss-reactive ketones (excluding diaryl/α,β-unsaturated/α-hetero) is 1. The maximum atomic E-state index is 12.8. The Bertz CT molecular complexity index is 965. The van der Waals surface area contributed by atoms with E-state index in [-0.39, 0.29) is 18.3 Å². The van der Waals surface area contributed by atoms with Crippen LogP contribution in [0.3, 0.4) is 0 Å². The molecule has 1 aromatic heterocycles. The van der Waals surface area contributed by atoms with Crippen LogP contribution in [0.4, 0.5) is 0 Å². The minimum Gasteiger partial charge on any atom is -0.463 e. The van der Waals surface area contributed by atoms with Crippen molar-refractivity contribution in [1.82, 2.24) is 9.88 Å². The highest BCUT2D eigenvalue weighted by atomic mass is 35.5. The van der Waals surface area contributed by atoms with Crippen molar-refractivity contribution < 1.29 is 19.1 Å². The van der Waals surface area contributed by atoms with Crippen molar-refractivity contribution >= 4 is 29.3 Å². The second kappa shape index (κ2) is 11.3. The molecular weight excluding hydrogens is 428 g/mol. The monoisotopic (exact) mass is 460 g/mol. The number of aromatic nitrogens is 1. The van der Waals surface area contributed by atoms with Crippen LogP contribution in [0.5, 0.6) is 0 Å². The maximum Gasteiger partial charge on any atom is 0.302 e. The highest BCUT2D eigenvalue weighted by Gasteiger charge is 2.28. The van der Waals surface area contributed by atoms with Crippen LogP contribution in [0.2, 0.25) is 5.02 Å². The number of esters is 1. The summed E-state index contributed by atoms with van der Waals surface area (Å²) in [4.78, 5) is 35.7. The molecule has 1 atom stereocenters. The smallest absolute Gasteiger partial charge is 0.302 e. The molecule has 2 aromatic rings. The SMILES string of the molecule is CC(=O)N[C@](C)(CCc1c(Cl)cc(C(=O)CCCc2ccc(C)cc2)n1C)COC(C)=O. The molecule has 6 nitrogen and oxygen atoms in total. The van der Waals surface area contributed by atoms with E-state index in [1.54, 1.807) is 6.07 Å². The van der Waals surface area contributed by atoms with Gasteiger partial charge in [-0.1, -0.05) is 41.4 Å².